The van der Waals surface area contributed by atoms with Gasteiger partial charge in [0.2, 0.25) is 0 Å². The number of alkyl halides is 2. The van der Waals surface area contributed by atoms with Gasteiger partial charge >= 0.3 is 0 Å². The molecule has 2 N–H and O–H groups in total. The Morgan fingerprint density at radius 1 is 1.27 bits per heavy atom. The van der Waals surface area contributed by atoms with Crippen molar-refractivity contribution in [2.24, 2.45) is 17.6 Å². The molecule has 4 nitrogen and oxygen atoms in total. The van der Waals surface area contributed by atoms with Gasteiger partial charge in [0.05, 0.1) is 11.5 Å². The molecule has 4 rings (SSSR count). The molecule has 0 aromatic heterocycles. The molecule has 1 aliphatic carbocycles. The second-order valence-electron chi connectivity index (χ2n) is 6.83. The third kappa shape index (κ3) is 2.13. The third-order valence-electron chi connectivity index (χ3n) is 5.44. The molecule has 7 heteroatoms. The fourth-order valence-corrected chi connectivity index (χ4v) is 5.24. The Kier molecular flexibility index (Phi) is 3.35. The number of rotatable bonds is 2. The molecule has 0 spiro atoms. The SMILES string of the molecule is CN1C=C(C2SCC(N)N2C)C=CC1N1CC2C(C1)C2(F)F. The predicted octanol–water partition coefficient (Wildman–Crippen LogP) is 1.18. The Morgan fingerprint density at radius 2 is 1.95 bits per heavy atom. The minimum absolute atomic E-state index is 0.0951. The van der Waals surface area contributed by atoms with Crippen LogP contribution in [0, 0.1) is 11.8 Å². The molecule has 5 unspecified atom stereocenters. The second-order valence-corrected chi connectivity index (χ2v) is 7.94. The van der Waals surface area contributed by atoms with E-state index in [-0.39, 0.29) is 17.7 Å². The van der Waals surface area contributed by atoms with Crippen molar-refractivity contribution < 1.29 is 8.78 Å². The summed E-state index contributed by atoms with van der Waals surface area (Å²) < 4.78 is 26.7. The first-order valence-electron chi connectivity index (χ1n) is 7.72. The largest absolute Gasteiger partial charge is 0.361 e. The van der Waals surface area contributed by atoms with Crippen LogP contribution < -0.4 is 5.73 Å². The van der Waals surface area contributed by atoms with Crippen molar-refractivity contribution in [3.8, 4) is 0 Å². The van der Waals surface area contributed by atoms with Crippen molar-refractivity contribution in [3.63, 3.8) is 0 Å². The average molecular weight is 328 g/mol. The Morgan fingerprint density at radius 3 is 2.50 bits per heavy atom. The van der Waals surface area contributed by atoms with Crippen LogP contribution in [-0.2, 0) is 0 Å². The van der Waals surface area contributed by atoms with E-state index >= 15 is 0 Å². The summed E-state index contributed by atoms with van der Waals surface area (Å²) in [4.78, 5) is 6.48. The molecule has 122 valence electrons. The van der Waals surface area contributed by atoms with Crippen LogP contribution in [0.2, 0.25) is 0 Å². The smallest absolute Gasteiger partial charge is 0.257 e. The van der Waals surface area contributed by atoms with Crippen molar-refractivity contribution in [2.75, 3.05) is 32.9 Å². The minimum atomic E-state index is -2.41. The van der Waals surface area contributed by atoms with Crippen LogP contribution in [0.15, 0.2) is 23.9 Å². The van der Waals surface area contributed by atoms with Crippen LogP contribution in [0.25, 0.3) is 0 Å². The standard InChI is InChI=1S/C15H22F2N4S/c1-19-5-9(14-20(2)12(18)8-22-14)3-4-13(19)21-6-10-11(7-21)15(10,16)17/h3-5,10-14H,6-8,18H2,1-2H3. The number of hydrogen-bond donors (Lipinski definition) is 1. The molecule has 5 atom stereocenters. The molecule has 0 amide bonds. The Labute approximate surface area is 134 Å². The summed E-state index contributed by atoms with van der Waals surface area (Å²) in [5.74, 6) is -2.32. The molecule has 1 saturated carbocycles. The molecular weight excluding hydrogens is 306 g/mol. The number of nitrogens with zero attached hydrogens (tertiary/aromatic N) is 3. The van der Waals surface area contributed by atoms with Gasteiger partial charge in [-0.3, -0.25) is 9.80 Å². The number of likely N-dealkylation sites (N-methyl/N-ethyl adjacent to an activating group) is 2. The summed E-state index contributed by atoms with van der Waals surface area (Å²) in [7, 11) is 4.07. The molecule has 0 aromatic carbocycles. The van der Waals surface area contributed by atoms with Gasteiger partial charge in [-0.25, -0.2) is 8.78 Å². The summed E-state index contributed by atoms with van der Waals surface area (Å²) in [5, 5.41) is 0.283. The van der Waals surface area contributed by atoms with Crippen LogP contribution >= 0.6 is 11.8 Å². The van der Waals surface area contributed by atoms with Gasteiger partial charge in [-0.1, -0.05) is 6.08 Å². The summed E-state index contributed by atoms with van der Waals surface area (Å²) in [6.45, 7) is 1.01. The zero-order valence-corrected chi connectivity index (χ0v) is 13.6. The van der Waals surface area contributed by atoms with Gasteiger partial charge in [0.1, 0.15) is 6.17 Å². The minimum Gasteiger partial charge on any atom is -0.361 e. The number of likely N-dealkylation sites (tertiary alicyclic amines) is 1. The number of thioether (sulfide) groups is 1. The molecule has 3 fully saturated rings. The van der Waals surface area contributed by atoms with Crippen LogP contribution in [0.5, 0.6) is 0 Å². The highest BCUT2D eigenvalue weighted by molar-refractivity contribution is 8.00. The molecule has 0 radical (unpaired) electrons. The predicted molar refractivity (Wildman–Crippen MR) is 84.3 cm³/mol. The third-order valence-corrected chi connectivity index (χ3v) is 6.89. The van der Waals surface area contributed by atoms with Crippen LogP contribution in [-0.4, -0.2) is 71.3 Å². The molecule has 3 heterocycles. The van der Waals surface area contributed by atoms with E-state index in [9.17, 15) is 8.78 Å². The summed E-state index contributed by atoms with van der Waals surface area (Å²) in [5.41, 5.74) is 7.27. The lowest BCUT2D eigenvalue weighted by atomic mass is 10.1. The monoisotopic (exact) mass is 328 g/mol. The zero-order valence-electron chi connectivity index (χ0n) is 12.8. The van der Waals surface area contributed by atoms with E-state index in [0.29, 0.717) is 13.1 Å². The van der Waals surface area contributed by atoms with Crippen LogP contribution in [0.4, 0.5) is 8.78 Å². The Bertz CT molecular complexity index is 524. The molecule has 0 aromatic rings. The van der Waals surface area contributed by atoms with Gasteiger partial charge < -0.3 is 10.6 Å². The van der Waals surface area contributed by atoms with Gasteiger partial charge in [-0.15, -0.1) is 11.8 Å². The number of hydrogen-bond acceptors (Lipinski definition) is 5. The number of nitrogens with two attached hydrogens (primary N) is 1. The van der Waals surface area contributed by atoms with Crippen molar-refractivity contribution in [2.45, 2.75) is 23.6 Å². The molecular formula is C15H22F2N4S. The molecule has 2 saturated heterocycles. The van der Waals surface area contributed by atoms with Gasteiger partial charge in [0, 0.05) is 43.9 Å². The maximum atomic E-state index is 13.3. The number of piperidine rings is 1. The average Bonchev–Trinajstić information content (AvgIpc) is 2.87. The van der Waals surface area contributed by atoms with Crippen LogP contribution in [0.3, 0.4) is 0 Å². The summed E-state index contributed by atoms with van der Waals surface area (Å²) >= 11 is 1.85. The molecule has 0 bridgehead atoms. The highest BCUT2D eigenvalue weighted by Crippen LogP contribution is 2.59. The second kappa shape index (κ2) is 4.93. The molecule has 22 heavy (non-hydrogen) atoms. The summed E-state index contributed by atoms with van der Waals surface area (Å²) in [6, 6.07) is 0. The summed E-state index contributed by atoms with van der Waals surface area (Å²) in [6.07, 6.45) is 6.60. The van der Waals surface area contributed by atoms with Crippen molar-refractivity contribution in [1.82, 2.24) is 14.7 Å². The van der Waals surface area contributed by atoms with E-state index in [1.807, 2.05) is 25.9 Å². The number of fused-ring (bicyclic) bond motifs is 1. The van der Waals surface area contributed by atoms with Gasteiger partial charge in [0.25, 0.3) is 5.92 Å². The van der Waals surface area contributed by atoms with E-state index in [4.69, 9.17) is 5.73 Å². The highest BCUT2D eigenvalue weighted by atomic mass is 32.2. The van der Waals surface area contributed by atoms with Gasteiger partial charge in [0.15, 0.2) is 0 Å². The van der Waals surface area contributed by atoms with Gasteiger partial charge in [-0.2, -0.15) is 0 Å². The first-order chi connectivity index (χ1) is 10.4. The van der Waals surface area contributed by atoms with Gasteiger partial charge in [-0.05, 0) is 18.7 Å². The fraction of sp³-hybridized carbons (Fsp3) is 0.733. The normalized spacial score (nSPS) is 44.3. The Balaban J connectivity index is 1.42. The quantitative estimate of drug-likeness (QED) is 0.824. The fourth-order valence-electron chi connectivity index (χ4n) is 3.90. The lowest BCUT2D eigenvalue weighted by Gasteiger charge is -2.37. The first kappa shape index (κ1) is 14.9. The molecule has 3 aliphatic heterocycles. The van der Waals surface area contributed by atoms with Crippen molar-refractivity contribution in [1.29, 1.82) is 0 Å². The van der Waals surface area contributed by atoms with Crippen LogP contribution in [0.1, 0.15) is 0 Å². The zero-order chi connectivity index (χ0) is 15.6. The lowest BCUT2D eigenvalue weighted by Crippen LogP contribution is -2.46. The van der Waals surface area contributed by atoms with E-state index in [1.165, 1.54) is 5.57 Å². The topological polar surface area (TPSA) is 35.7 Å². The highest BCUT2D eigenvalue weighted by Gasteiger charge is 2.72. The van der Waals surface area contributed by atoms with E-state index in [1.54, 1.807) is 0 Å². The van der Waals surface area contributed by atoms with Crippen molar-refractivity contribution >= 4 is 11.8 Å². The van der Waals surface area contributed by atoms with E-state index < -0.39 is 17.8 Å². The Hall–Kier alpha value is -0.630. The van der Waals surface area contributed by atoms with E-state index in [2.05, 4.69) is 33.1 Å². The maximum absolute atomic E-state index is 13.3. The maximum Gasteiger partial charge on any atom is 0.257 e. The lowest BCUT2D eigenvalue weighted by molar-refractivity contribution is 0.0327. The molecule has 4 aliphatic rings. The number of halogens is 2. The van der Waals surface area contributed by atoms with E-state index in [0.717, 1.165) is 5.75 Å². The van der Waals surface area contributed by atoms with Crippen molar-refractivity contribution in [3.05, 3.63) is 23.9 Å². The first-order valence-corrected chi connectivity index (χ1v) is 8.77.